The summed E-state index contributed by atoms with van der Waals surface area (Å²) in [6.07, 6.45) is 3.02. The number of rotatable bonds is 4. The predicted molar refractivity (Wildman–Crippen MR) is 90.9 cm³/mol. The van der Waals surface area contributed by atoms with Gasteiger partial charge in [0.25, 0.3) is 5.91 Å². The number of esters is 1. The molecule has 1 N–H and O–H groups in total. The molecule has 0 radical (unpaired) electrons. The first-order valence-electron chi connectivity index (χ1n) is 8.20. The van der Waals surface area contributed by atoms with Crippen LogP contribution in [0.25, 0.3) is 0 Å². The normalized spacial score (nSPS) is 18.0. The summed E-state index contributed by atoms with van der Waals surface area (Å²) in [5.74, 6) is -1.64. The largest absolute Gasteiger partial charge is 0.467 e. The molecule has 1 saturated heterocycles. The Morgan fingerprint density at radius 3 is 2.62 bits per heavy atom. The van der Waals surface area contributed by atoms with E-state index in [-0.39, 0.29) is 24.9 Å². The molecule has 2 atom stereocenters. The highest BCUT2D eigenvalue weighted by molar-refractivity contribution is 5.95. The number of piperazine rings is 1. The van der Waals surface area contributed by atoms with Gasteiger partial charge in [0.05, 0.1) is 19.2 Å². The van der Waals surface area contributed by atoms with Gasteiger partial charge in [0.15, 0.2) is 0 Å². The fourth-order valence-electron chi connectivity index (χ4n) is 2.79. The lowest BCUT2D eigenvalue weighted by Gasteiger charge is -2.40. The smallest absolute Gasteiger partial charge is 0.328 e. The van der Waals surface area contributed by atoms with E-state index in [4.69, 9.17) is 0 Å². The number of hydrogen-bond donors (Lipinski definition) is 1. The third kappa shape index (κ3) is 4.35. The minimum atomic E-state index is -0.881. The average molecular weight is 362 g/mol. The maximum Gasteiger partial charge on any atom is 0.328 e. The van der Waals surface area contributed by atoms with Gasteiger partial charge in [-0.1, -0.05) is 0 Å². The fraction of sp³-hybridized carbons (Fsp3) is 0.471. The molecule has 0 bridgehead atoms. The van der Waals surface area contributed by atoms with Gasteiger partial charge in [-0.05, 0) is 19.1 Å². The molecule has 2 heterocycles. The van der Waals surface area contributed by atoms with Crippen LogP contribution in [0.15, 0.2) is 24.5 Å². The highest BCUT2D eigenvalue weighted by atomic mass is 16.5. The summed E-state index contributed by atoms with van der Waals surface area (Å²) in [5.41, 5.74) is 0.408. The van der Waals surface area contributed by atoms with Crippen molar-refractivity contribution in [1.29, 1.82) is 0 Å². The van der Waals surface area contributed by atoms with Crippen molar-refractivity contribution in [2.75, 3.05) is 26.7 Å². The minimum absolute atomic E-state index is 0.0348. The van der Waals surface area contributed by atoms with Gasteiger partial charge in [0, 0.05) is 32.4 Å². The molecule has 1 aliphatic rings. The summed E-state index contributed by atoms with van der Waals surface area (Å²) in [7, 11) is 1.22. The van der Waals surface area contributed by atoms with Crippen LogP contribution < -0.4 is 5.32 Å². The Morgan fingerprint density at radius 2 is 2.04 bits per heavy atom. The van der Waals surface area contributed by atoms with E-state index >= 15 is 0 Å². The van der Waals surface area contributed by atoms with Crippen molar-refractivity contribution >= 4 is 23.7 Å². The van der Waals surface area contributed by atoms with Crippen LogP contribution in [0.3, 0.4) is 0 Å². The summed E-state index contributed by atoms with van der Waals surface area (Å²) in [6.45, 7) is 3.43. The van der Waals surface area contributed by atoms with Crippen molar-refractivity contribution < 1.29 is 23.9 Å². The molecular weight excluding hydrogens is 340 g/mol. The van der Waals surface area contributed by atoms with Crippen molar-refractivity contribution in [3.63, 3.8) is 0 Å². The number of nitrogens with one attached hydrogen (secondary N) is 1. The summed E-state index contributed by atoms with van der Waals surface area (Å²) in [5, 5.41) is 2.53. The second kappa shape index (κ2) is 8.41. The summed E-state index contributed by atoms with van der Waals surface area (Å²) in [6, 6.07) is 1.56. The van der Waals surface area contributed by atoms with Crippen LogP contribution in [-0.4, -0.2) is 77.3 Å². The van der Waals surface area contributed by atoms with E-state index in [9.17, 15) is 19.2 Å². The van der Waals surface area contributed by atoms with Gasteiger partial charge >= 0.3 is 5.97 Å². The highest BCUT2D eigenvalue weighted by Gasteiger charge is 2.37. The second-order valence-electron chi connectivity index (χ2n) is 5.97. The van der Waals surface area contributed by atoms with Gasteiger partial charge < -0.3 is 19.9 Å². The maximum atomic E-state index is 12.6. The van der Waals surface area contributed by atoms with Crippen LogP contribution in [0.1, 0.15) is 24.2 Å². The Labute approximate surface area is 151 Å². The average Bonchev–Trinajstić information content (AvgIpc) is 2.66. The van der Waals surface area contributed by atoms with Crippen LogP contribution in [0, 0.1) is 0 Å². The van der Waals surface area contributed by atoms with Gasteiger partial charge in [0.2, 0.25) is 11.8 Å². The van der Waals surface area contributed by atoms with E-state index in [2.05, 4.69) is 15.0 Å². The molecule has 0 aliphatic carbocycles. The van der Waals surface area contributed by atoms with Gasteiger partial charge in [-0.3, -0.25) is 19.4 Å². The molecule has 3 amide bonds. The van der Waals surface area contributed by atoms with Crippen LogP contribution in [0.5, 0.6) is 0 Å². The molecule has 2 rings (SSSR count). The monoisotopic (exact) mass is 362 g/mol. The molecule has 1 aromatic rings. The molecule has 1 fully saturated rings. The summed E-state index contributed by atoms with van der Waals surface area (Å²) < 4.78 is 4.59. The number of ether oxygens (including phenoxy) is 1. The van der Waals surface area contributed by atoms with Crippen molar-refractivity contribution in [2.45, 2.75) is 25.9 Å². The van der Waals surface area contributed by atoms with Gasteiger partial charge in [-0.2, -0.15) is 0 Å². The first-order valence-corrected chi connectivity index (χ1v) is 8.20. The number of amides is 3. The number of hydrogen-bond acceptors (Lipinski definition) is 6. The van der Waals surface area contributed by atoms with E-state index < -0.39 is 24.0 Å². The Morgan fingerprint density at radius 1 is 1.31 bits per heavy atom. The Hall–Kier alpha value is -2.97. The molecule has 9 heteroatoms. The number of pyridine rings is 1. The summed E-state index contributed by atoms with van der Waals surface area (Å²) in [4.78, 5) is 55.4. The molecule has 9 nitrogen and oxygen atoms in total. The van der Waals surface area contributed by atoms with Crippen LogP contribution in [0.2, 0.25) is 0 Å². The second-order valence-corrected chi connectivity index (χ2v) is 5.97. The fourth-order valence-corrected chi connectivity index (χ4v) is 2.79. The standard InChI is InChI=1S/C17H22N4O5/c1-11(17(25)26-3)19-15(23)14-10-20(7-8-21(14)12(2)22)16(24)13-5-4-6-18-9-13/h4-6,9,11,14H,7-8,10H2,1-3H3,(H,19,23)/t11-,14-/m1/s1. The van der Waals surface area contributed by atoms with Crippen molar-refractivity contribution in [1.82, 2.24) is 20.1 Å². The lowest BCUT2D eigenvalue weighted by molar-refractivity contribution is -0.147. The lowest BCUT2D eigenvalue weighted by atomic mass is 10.1. The maximum absolute atomic E-state index is 12.6. The predicted octanol–water partition coefficient (Wildman–Crippen LogP) is -0.568. The first kappa shape index (κ1) is 19.4. The van der Waals surface area contributed by atoms with E-state index in [1.165, 1.54) is 37.0 Å². The van der Waals surface area contributed by atoms with E-state index in [0.717, 1.165) is 0 Å². The SMILES string of the molecule is COC(=O)[C@@H](C)NC(=O)[C@H]1CN(C(=O)c2cccnc2)CCN1C(C)=O. The third-order valence-corrected chi connectivity index (χ3v) is 4.20. The lowest BCUT2D eigenvalue weighted by Crippen LogP contribution is -2.62. The minimum Gasteiger partial charge on any atom is -0.467 e. The van der Waals surface area contributed by atoms with Crippen LogP contribution >= 0.6 is 0 Å². The topological polar surface area (TPSA) is 109 Å². The van der Waals surface area contributed by atoms with Crippen LogP contribution in [-0.2, 0) is 19.1 Å². The van der Waals surface area contributed by atoms with Crippen molar-refractivity contribution in [3.05, 3.63) is 30.1 Å². The molecule has 1 aliphatic heterocycles. The molecular formula is C17H22N4O5. The number of nitrogens with zero attached hydrogens (tertiary/aromatic N) is 3. The Balaban J connectivity index is 2.14. The quantitative estimate of drug-likeness (QED) is 0.719. The zero-order chi connectivity index (χ0) is 19.3. The molecule has 0 aromatic carbocycles. The zero-order valence-corrected chi connectivity index (χ0v) is 15.0. The first-order chi connectivity index (χ1) is 12.3. The third-order valence-electron chi connectivity index (χ3n) is 4.20. The van der Waals surface area contributed by atoms with Gasteiger partial charge in [-0.25, -0.2) is 4.79 Å². The van der Waals surface area contributed by atoms with E-state index in [0.29, 0.717) is 12.1 Å². The molecule has 0 spiro atoms. The molecule has 140 valence electrons. The van der Waals surface area contributed by atoms with E-state index in [1.807, 2.05) is 0 Å². The zero-order valence-electron chi connectivity index (χ0n) is 15.0. The molecule has 0 saturated carbocycles. The van der Waals surface area contributed by atoms with Gasteiger partial charge in [0.1, 0.15) is 12.1 Å². The number of methoxy groups -OCH3 is 1. The van der Waals surface area contributed by atoms with Gasteiger partial charge in [-0.15, -0.1) is 0 Å². The van der Waals surface area contributed by atoms with E-state index in [1.54, 1.807) is 18.3 Å². The number of carbonyl (C=O) groups is 4. The number of carbonyl (C=O) groups excluding carboxylic acids is 4. The van der Waals surface area contributed by atoms with Crippen LogP contribution in [0.4, 0.5) is 0 Å². The molecule has 1 aromatic heterocycles. The van der Waals surface area contributed by atoms with Crippen molar-refractivity contribution in [2.24, 2.45) is 0 Å². The number of aromatic nitrogens is 1. The summed E-state index contributed by atoms with van der Waals surface area (Å²) >= 11 is 0. The Kier molecular flexibility index (Phi) is 6.26. The highest BCUT2D eigenvalue weighted by Crippen LogP contribution is 2.14. The Bertz CT molecular complexity index is 694. The molecule has 26 heavy (non-hydrogen) atoms. The van der Waals surface area contributed by atoms with Crippen molar-refractivity contribution in [3.8, 4) is 0 Å². The molecule has 0 unspecified atom stereocenters.